The van der Waals surface area contributed by atoms with E-state index in [4.69, 9.17) is 0 Å². The molecule has 0 aliphatic carbocycles. The van der Waals surface area contributed by atoms with Crippen molar-refractivity contribution in [2.75, 3.05) is 0 Å². The largest absolute Gasteiger partial charge is 0.0654 e. The number of fused-ring (bicyclic) bond motifs is 1. The van der Waals surface area contributed by atoms with E-state index < -0.39 is 0 Å². The van der Waals surface area contributed by atoms with E-state index in [0.717, 1.165) is 0 Å². The van der Waals surface area contributed by atoms with Crippen LogP contribution in [0.25, 0.3) is 10.8 Å². The molecule has 0 aromatic heterocycles. The summed E-state index contributed by atoms with van der Waals surface area (Å²) in [6.07, 6.45) is 50.5. The van der Waals surface area contributed by atoms with Crippen molar-refractivity contribution in [3.63, 3.8) is 0 Å². The van der Waals surface area contributed by atoms with Gasteiger partial charge in [0.2, 0.25) is 0 Å². The van der Waals surface area contributed by atoms with Gasteiger partial charge in [0, 0.05) is 0 Å². The van der Waals surface area contributed by atoms with Crippen molar-refractivity contribution in [3.05, 3.63) is 46.5 Å². The van der Waals surface area contributed by atoms with E-state index in [0.29, 0.717) is 0 Å². The predicted molar refractivity (Wildman–Crippen MR) is 229 cm³/mol. The minimum absolute atomic E-state index is 1.30. The SMILES string of the molecule is CCCCCCCCCCc1c(CCCCCCCCCC)c(CCCCCCCCCC)c2ccccc2c1CCCCCCCCCC. The Labute approximate surface area is 315 Å². The highest BCUT2D eigenvalue weighted by Gasteiger charge is 2.19. The van der Waals surface area contributed by atoms with Crippen LogP contribution in [0.5, 0.6) is 0 Å². The van der Waals surface area contributed by atoms with Crippen molar-refractivity contribution in [2.24, 2.45) is 0 Å². The minimum atomic E-state index is 1.30. The van der Waals surface area contributed by atoms with Gasteiger partial charge in [-0.2, -0.15) is 0 Å². The van der Waals surface area contributed by atoms with E-state index in [2.05, 4.69) is 52.0 Å². The molecule has 0 unspecified atom stereocenters. The van der Waals surface area contributed by atoms with Crippen molar-refractivity contribution in [2.45, 2.75) is 259 Å². The van der Waals surface area contributed by atoms with Crippen LogP contribution >= 0.6 is 0 Å². The maximum Gasteiger partial charge on any atom is -0.0146 e. The fourth-order valence-corrected chi connectivity index (χ4v) is 8.62. The molecule has 2 aromatic carbocycles. The number of benzene rings is 2. The highest BCUT2D eigenvalue weighted by molar-refractivity contribution is 5.91. The summed E-state index contributed by atoms with van der Waals surface area (Å²) in [5.74, 6) is 0. The molecule has 0 atom stereocenters. The van der Waals surface area contributed by atoms with Gasteiger partial charge in [-0.1, -0.05) is 232 Å². The summed E-state index contributed by atoms with van der Waals surface area (Å²) in [5, 5.41) is 3.25. The van der Waals surface area contributed by atoms with Gasteiger partial charge in [-0.3, -0.25) is 0 Å². The highest BCUT2D eigenvalue weighted by atomic mass is 14.2. The molecule has 0 aliphatic rings. The molecule has 0 saturated carbocycles. The van der Waals surface area contributed by atoms with E-state index in [9.17, 15) is 0 Å². The maximum absolute atomic E-state index is 2.52. The maximum atomic E-state index is 2.52. The Balaban J connectivity index is 2.27. The molecule has 0 bridgehead atoms. The second-order valence-corrected chi connectivity index (χ2v) is 16.4. The summed E-state index contributed by atoms with van der Waals surface area (Å²) in [4.78, 5) is 0. The third kappa shape index (κ3) is 20.1. The van der Waals surface area contributed by atoms with Crippen LogP contribution in [0.4, 0.5) is 0 Å². The smallest absolute Gasteiger partial charge is 0.0146 e. The molecule has 0 aliphatic heterocycles. The Morgan fingerprint density at radius 2 is 0.440 bits per heavy atom. The Morgan fingerprint density at radius 3 is 0.680 bits per heavy atom. The van der Waals surface area contributed by atoms with Crippen molar-refractivity contribution in [1.82, 2.24) is 0 Å². The van der Waals surface area contributed by atoms with Crippen LogP contribution in [0.1, 0.15) is 255 Å². The highest BCUT2D eigenvalue weighted by Crippen LogP contribution is 2.36. The predicted octanol–water partition coefficient (Wildman–Crippen LogP) is 17.6. The van der Waals surface area contributed by atoms with Crippen LogP contribution in [-0.2, 0) is 25.7 Å². The van der Waals surface area contributed by atoms with Crippen LogP contribution in [0.15, 0.2) is 24.3 Å². The van der Waals surface area contributed by atoms with Crippen LogP contribution in [0.3, 0.4) is 0 Å². The quantitative estimate of drug-likeness (QED) is 0.0625. The third-order valence-electron chi connectivity index (χ3n) is 11.8. The molecule has 2 rings (SSSR count). The minimum Gasteiger partial charge on any atom is -0.0654 e. The fraction of sp³-hybridized carbons (Fsp3) is 0.800. The molecule has 0 nitrogen and oxygen atoms in total. The third-order valence-corrected chi connectivity index (χ3v) is 11.8. The van der Waals surface area contributed by atoms with E-state index in [1.165, 1.54) is 231 Å². The van der Waals surface area contributed by atoms with Crippen molar-refractivity contribution >= 4 is 10.8 Å². The van der Waals surface area contributed by atoms with Gasteiger partial charge >= 0.3 is 0 Å². The summed E-state index contributed by atoms with van der Waals surface area (Å²) >= 11 is 0. The first kappa shape index (κ1) is 44.9. The van der Waals surface area contributed by atoms with Gasteiger partial charge in [0.25, 0.3) is 0 Å². The fourth-order valence-electron chi connectivity index (χ4n) is 8.62. The summed E-state index contributed by atoms with van der Waals surface area (Å²) in [6.45, 7) is 9.34. The summed E-state index contributed by atoms with van der Waals surface area (Å²) in [6, 6.07) is 9.73. The zero-order valence-electron chi connectivity index (χ0n) is 34.8. The molecule has 0 radical (unpaired) electrons. The average molecular weight is 689 g/mol. The molecule has 50 heavy (non-hydrogen) atoms. The monoisotopic (exact) mass is 689 g/mol. The van der Waals surface area contributed by atoms with Crippen molar-refractivity contribution < 1.29 is 0 Å². The number of rotatable bonds is 36. The number of hydrogen-bond acceptors (Lipinski definition) is 0. The normalized spacial score (nSPS) is 11.7. The van der Waals surface area contributed by atoms with Crippen LogP contribution in [0.2, 0.25) is 0 Å². The van der Waals surface area contributed by atoms with Gasteiger partial charge in [0.1, 0.15) is 0 Å². The number of unbranched alkanes of at least 4 members (excludes halogenated alkanes) is 28. The van der Waals surface area contributed by atoms with Crippen LogP contribution < -0.4 is 0 Å². The molecule has 0 fully saturated rings. The number of aryl methyl sites for hydroxylation is 2. The molecule has 2 aromatic rings. The molecule has 0 saturated heterocycles. The average Bonchev–Trinajstić information content (AvgIpc) is 3.13. The molecule has 0 spiro atoms. The Bertz CT molecular complexity index is 948. The van der Waals surface area contributed by atoms with Crippen LogP contribution in [0, 0.1) is 0 Å². The Morgan fingerprint density at radius 1 is 0.240 bits per heavy atom. The van der Waals surface area contributed by atoms with Gasteiger partial charge in [-0.05, 0) is 84.4 Å². The van der Waals surface area contributed by atoms with E-state index in [-0.39, 0.29) is 0 Å². The zero-order valence-corrected chi connectivity index (χ0v) is 34.8. The summed E-state index contributed by atoms with van der Waals surface area (Å²) in [5.41, 5.74) is 7.19. The van der Waals surface area contributed by atoms with E-state index in [1.807, 2.05) is 11.1 Å². The topological polar surface area (TPSA) is 0 Å². The molecule has 0 amide bonds. The van der Waals surface area contributed by atoms with Crippen molar-refractivity contribution in [3.8, 4) is 0 Å². The molecule has 0 N–H and O–H groups in total. The first-order chi connectivity index (χ1) is 24.8. The molecule has 288 valence electrons. The van der Waals surface area contributed by atoms with Crippen LogP contribution in [-0.4, -0.2) is 0 Å². The first-order valence-electron chi connectivity index (χ1n) is 23.3. The van der Waals surface area contributed by atoms with Gasteiger partial charge in [-0.25, -0.2) is 0 Å². The molecular formula is C50H88. The lowest BCUT2D eigenvalue weighted by molar-refractivity contribution is 0.565. The lowest BCUT2D eigenvalue weighted by Gasteiger charge is -2.24. The molecule has 0 heteroatoms. The van der Waals surface area contributed by atoms with E-state index in [1.54, 1.807) is 21.9 Å². The van der Waals surface area contributed by atoms with Crippen molar-refractivity contribution in [1.29, 1.82) is 0 Å². The molecule has 0 heterocycles. The first-order valence-corrected chi connectivity index (χ1v) is 23.3. The lowest BCUT2D eigenvalue weighted by Crippen LogP contribution is -2.08. The second-order valence-electron chi connectivity index (χ2n) is 16.4. The molecular weight excluding hydrogens is 601 g/mol. The van der Waals surface area contributed by atoms with Gasteiger partial charge in [-0.15, -0.1) is 0 Å². The summed E-state index contributed by atoms with van der Waals surface area (Å²) in [7, 11) is 0. The second kappa shape index (κ2) is 32.4. The standard InChI is InChI=1S/C50H88/c1-5-9-13-17-21-25-29-33-39-45-46(40-34-30-26-22-18-14-10-6-2)48(42-36-32-28-24-20-16-12-8-4)50-44-38-37-43-49(50)47(45)41-35-31-27-23-19-15-11-7-3/h37-38,43-44H,5-36,39-42H2,1-4H3. The number of hydrogen-bond donors (Lipinski definition) is 0. The van der Waals surface area contributed by atoms with Gasteiger partial charge in [0.15, 0.2) is 0 Å². The zero-order chi connectivity index (χ0) is 35.7. The Kier molecular flexibility index (Phi) is 29.0. The van der Waals surface area contributed by atoms with E-state index >= 15 is 0 Å². The lowest BCUT2D eigenvalue weighted by atomic mass is 9.81. The Hall–Kier alpha value is -1.30. The van der Waals surface area contributed by atoms with Gasteiger partial charge in [0.05, 0.1) is 0 Å². The van der Waals surface area contributed by atoms with Gasteiger partial charge < -0.3 is 0 Å². The summed E-state index contributed by atoms with van der Waals surface area (Å²) < 4.78 is 0.